The van der Waals surface area contributed by atoms with Crippen molar-refractivity contribution < 1.29 is 22.7 Å². The minimum Gasteiger partial charge on any atom is -0.489 e. The number of hydrogen-bond acceptors (Lipinski definition) is 4. The van der Waals surface area contributed by atoms with E-state index >= 15 is 0 Å². The van der Waals surface area contributed by atoms with Crippen LogP contribution in [0.3, 0.4) is 0 Å². The maximum atomic E-state index is 13.2. The highest BCUT2D eigenvalue weighted by Crippen LogP contribution is 2.36. The smallest absolute Gasteiger partial charge is 0.419 e. The second-order valence-corrected chi connectivity index (χ2v) is 8.73. The minimum atomic E-state index is -4.67. The molecule has 0 N–H and O–H groups in total. The highest BCUT2D eigenvalue weighted by Gasteiger charge is 2.37. The van der Waals surface area contributed by atoms with Crippen molar-refractivity contribution in [2.24, 2.45) is 0 Å². The highest BCUT2D eigenvalue weighted by atomic mass is 19.4. The summed E-state index contributed by atoms with van der Waals surface area (Å²) in [6.07, 6.45) is -1.07. The zero-order valence-electron chi connectivity index (χ0n) is 17.9. The van der Waals surface area contributed by atoms with E-state index < -0.39 is 17.4 Å². The number of pyridine rings is 1. The molecule has 5 nitrogen and oxygen atoms in total. The molecule has 0 bridgehead atoms. The van der Waals surface area contributed by atoms with Crippen LogP contribution in [0.25, 0.3) is 0 Å². The number of ether oxygens (including phenoxy) is 1. The summed E-state index contributed by atoms with van der Waals surface area (Å²) in [7, 11) is 0. The van der Waals surface area contributed by atoms with Crippen LogP contribution in [0.2, 0.25) is 0 Å². The van der Waals surface area contributed by atoms with Gasteiger partial charge in [0.05, 0.1) is 17.9 Å². The van der Waals surface area contributed by atoms with Crippen LogP contribution in [0.4, 0.5) is 13.2 Å². The third kappa shape index (κ3) is 4.29. The van der Waals surface area contributed by atoms with Crippen LogP contribution in [-0.2, 0) is 12.7 Å². The second kappa shape index (κ2) is 8.45. The summed E-state index contributed by atoms with van der Waals surface area (Å²) in [6, 6.07) is 8.43. The number of rotatable bonds is 4. The molecule has 1 fully saturated rings. The maximum Gasteiger partial charge on any atom is 0.419 e. The molecule has 2 heterocycles. The maximum absolute atomic E-state index is 13.2. The van der Waals surface area contributed by atoms with E-state index in [1.165, 1.54) is 11.6 Å². The van der Waals surface area contributed by atoms with Gasteiger partial charge in [0, 0.05) is 18.2 Å². The van der Waals surface area contributed by atoms with Crippen LogP contribution >= 0.6 is 0 Å². The number of carbonyl (C=O) groups is 1. The number of nitrogens with zero attached hydrogens (tertiary/aromatic N) is 3. The van der Waals surface area contributed by atoms with Crippen molar-refractivity contribution in [1.29, 1.82) is 5.26 Å². The lowest BCUT2D eigenvalue weighted by Crippen LogP contribution is -2.40. The van der Waals surface area contributed by atoms with Crippen molar-refractivity contribution in [2.45, 2.75) is 70.3 Å². The average Bonchev–Trinajstić information content (AvgIpc) is 3.09. The molecular weight excluding hydrogens is 419 g/mol. The van der Waals surface area contributed by atoms with Gasteiger partial charge in [-0.15, -0.1) is 0 Å². The summed E-state index contributed by atoms with van der Waals surface area (Å²) < 4.78 is 45.2. The zero-order chi connectivity index (χ0) is 23.0. The van der Waals surface area contributed by atoms with Gasteiger partial charge in [-0.1, -0.05) is 26.0 Å². The van der Waals surface area contributed by atoms with Crippen LogP contribution in [0.15, 0.2) is 30.5 Å². The van der Waals surface area contributed by atoms with Crippen molar-refractivity contribution in [1.82, 2.24) is 9.88 Å². The Bertz CT molecular complexity index is 1070. The van der Waals surface area contributed by atoms with E-state index in [1.807, 2.05) is 17.0 Å². The molecule has 1 aromatic carbocycles. The van der Waals surface area contributed by atoms with Crippen LogP contribution < -0.4 is 4.74 Å². The second-order valence-electron chi connectivity index (χ2n) is 8.73. The van der Waals surface area contributed by atoms with Crippen molar-refractivity contribution in [2.75, 3.05) is 0 Å². The molecule has 0 radical (unpaired) electrons. The van der Waals surface area contributed by atoms with Crippen LogP contribution in [0.1, 0.15) is 78.2 Å². The molecule has 0 spiro atoms. The molecule has 8 heteroatoms. The number of benzene rings is 1. The number of alkyl halides is 3. The SMILES string of the molecule is CC(C)c1ccc2c(c1)CN(C1CCC(Oc3cnc(C#N)c(C(F)(F)F)c3)CC1)C2=O. The van der Waals surface area contributed by atoms with E-state index in [9.17, 15) is 18.0 Å². The lowest BCUT2D eigenvalue weighted by Gasteiger charge is -2.34. The molecule has 32 heavy (non-hydrogen) atoms. The molecule has 1 saturated carbocycles. The van der Waals surface area contributed by atoms with Crippen LogP contribution in [-0.4, -0.2) is 27.9 Å². The van der Waals surface area contributed by atoms with E-state index in [-0.39, 0.29) is 23.8 Å². The molecule has 0 atom stereocenters. The molecule has 0 saturated heterocycles. The number of halogens is 3. The highest BCUT2D eigenvalue weighted by molar-refractivity contribution is 5.98. The first-order chi connectivity index (χ1) is 15.2. The Kier molecular flexibility index (Phi) is 5.85. The van der Waals surface area contributed by atoms with E-state index in [1.54, 1.807) is 0 Å². The molecule has 4 rings (SSSR count). The Balaban J connectivity index is 1.39. The predicted molar refractivity (Wildman–Crippen MR) is 111 cm³/mol. The first kappa shape index (κ1) is 22.1. The average molecular weight is 443 g/mol. The number of nitriles is 1. The van der Waals surface area contributed by atoms with Gasteiger partial charge < -0.3 is 9.64 Å². The van der Waals surface area contributed by atoms with Gasteiger partial charge in [-0.25, -0.2) is 4.98 Å². The number of amides is 1. The van der Waals surface area contributed by atoms with Gasteiger partial charge in [-0.3, -0.25) is 4.79 Å². The van der Waals surface area contributed by atoms with E-state index in [4.69, 9.17) is 10.00 Å². The summed E-state index contributed by atoms with van der Waals surface area (Å²) in [6.45, 7) is 4.84. The summed E-state index contributed by atoms with van der Waals surface area (Å²) in [4.78, 5) is 18.4. The summed E-state index contributed by atoms with van der Waals surface area (Å²) >= 11 is 0. The van der Waals surface area contributed by atoms with Gasteiger partial charge in [-0.2, -0.15) is 18.4 Å². The molecule has 2 aliphatic rings. The van der Waals surface area contributed by atoms with Crippen molar-refractivity contribution in [3.63, 3.8) is 0 Å². The Labute approximate surface area is 184 Å². The fourth-order valence-corrected chi connectivity index (χ4v) is 4.50. The minimum absolute atomic E-state index is 0.00523. The van der Waals surface area contributed by atoms with Crippen molar-refractivity contribution >= 4 is 5.91 Å². The standard InChI is InChI=1S/C24H24F3N3O2/c1-14(2)15-3-8-20-16(9-15)13-30(23(20)31)17-4-6-18(7-5-17)32-19-10-21(24(25,26)27)22(11-28)29-12-19/h3,8-10,12,14,17-18H,4-7,13H2,1-2H3. The molecular formula is C24H24F3N3O2. The molecule has 2 aromatic rings. The quantitative estimate of drug-likeness (QED) is 0.631. The Morgan fingerprint density at radius 2 is 1.91 bits per heavy atom. The normalized spacial score (nSPS) is 20.9. The monoisotopic (exact) mass is 443 g/mol. The predicted octanol–water partition coefficient (Wildman–Crippen LogP) is 5.44. The van der Waals surface area contributed by atoms with E-state index in [0.717, 1.165) is 36.2 Å². The molecule has 1 aliphatic heterocycles. The summed E-state index contributed by atoms with van der Waals surface area (Å²) in [5.41, 5.74) is 1.28. The molecule has 1 amide bonds. The molecule has 1 aliphatic carbocycles. The van der Waals surface area contributed by atoms with Crippen LogP contribution in [0.5, 0.6) is 5.75 Å². The lowest BCUT2D eigenvalue weighted by atomic mass is 9.92. The first-order valence-corrected chi connectivity index (χ1v) is 10.7. The fraction of sp³-hybridized carbons (Fsp3) is 0.458. The van der Waals surface area contributed by atoms with Gasteiger partial charge >= 0.3 is 6.18 Å². The Morgan fingerprint density at radius 1 is 1.19 bits per heavy atom. The molecule has 1 aromatic heterocycles. The zero-order valence-corrected chi connectivity index (χ0v) is 17.9. The first-order valence-electron chi connectivity index (χ1n) is 10.7. The Morgan fingerprint density at radius 3 is 2.53 bits per heavy atom. The fourth-order valence-electron chi connectivity index (χ4n) is 4.50. The topological polar surface area (TPSA) is 66.2 Å². The van der Waals surface area contributed by atoms with Gasteiger partial charge in [0.2, 0.25) is 0 Å². The van der Waals surface area contributed by atoms with Gasteiger partial charge in [0.1, 0.15) is 11.8 Å². The van der Waals surface area contributed by atoms with Gasteiger partial charge in [0.25, 0.3) is 5.91 Å². The number of carbonyl (C=O) groups excluding carboxylic acids is 1. The molecule has 0 unspecified atom stereocenters. The molecule has 168 valence electrons. The third-order valence-corrected chi connectivity index (χ3v) is 6.29. The Hall–Kier alpha value is -3.08. The number of fused-ring (bicyclic) bond motifs is 1. The lowest BCUT2D eigenvalue weighted by molar-refractivity contribution is -0.138. The number of aromatic nitrogens is 1. The number of hydrogen-bond donors (Lipinski definition) is 0. The van der Waals surface area contributed by atoms with Gasteiger partial charge in [-0.05, 0) is 54.9 Å². The largest absolute Gasteiger partial charge is 0.489 e. The summed E-state index contributed by atoms with van der Waals surface area (Å²) in [5, 5.41) is 8.87. The van der Waals surface area contributed by atoms with Gasteiger partial charge in [0.15, 0.2) is 5.69 Å². The third-order valence-electron chi connectivity index (χ3n) is 6.29. The van der Waals surface area contributed by atoms with Crippen molar-refractivity contribution in [3.8, 4) is 11.8 Å². The van der Waals surface area contributed by atoms with E-state index in [2.05, 4.69) is 24.9 Å². The van der Waals surface area contributed by atoms with E-state index in [0.29, 0.717) is 25.3 Å². The summed E-state index contributed by atoms with van der Waals surface area (Å²) in [5.74, 6) is 0.447. The van der Waals surface area contributed by atoms with Crippen molar-refractivity contribution in [3.05, 3.63) is 58.4 Å². The van der Waals surface area contributed by atoms with Crippen LogP contribution in [0, 0.1) is 11.3 Å².